The molecule has 0 saturated carbocycles. The third-order valence-corrected chi connectivity index (χ3v) is 7.78. The van der Waals surface area contributed by atoms with Gasteiger partial charge >= 0.3 is 18.6 Å². The number of benzene rings is 3. The van der Waals surface area contributed by atoms with Gasteiger partial charge in [0, 0.05) is 69.1 Å². The SMILES string of the molecule is O=C(Nc1ccc(OC(F)(F)F)cc1)Nc1cn(Cc2ccc(C(F)(F)F)cc2)c(C(=O)N2CCN(c3ccc(N4CC4)cc3)CC2)n1. The second-order valence-electron chi connectivity index (χ2n) is 11.2. The van der Waals surface area contributed by atoms with E-state index in [1.807, 2.05) is 0 Å². The van der Waals surface area contributed by atoms with Gasteiger partial charge in [-0.1, -0.05) is 12.1 Å². The highest BCUT2D eigenvalue weighted by Crippen LogP contribution is 2.30. The number of nitrogens with zero attached hydrogens (tertiary/aromatic N) is 5. The largest absolute Gasteiger partial charge is 0.573 e. The number of aromatic nitrogens is 2. The van der Waals surface area contributed by atoms with Crippen molar-refractivity contribution in [2.24, 2.45) is 0 Å². The summed E-state index contributed by atoms with van der Waals surface area (Å²) in [7, 11) is 0. The lowest BCUT2D eigenvalue weighted by Gasteiger charge is -2.36. The zero-order valence-electron chi connectivity index (χ0n) is 25.2. The highest BCUT2D eigenvalue weighted by atomic mass is 19.4. The van der Waals surface area contributed by atoms with E-state index in [9.17, 15) is 35.9 Å². The van der Waals surface area contributed by atoms with E-state index in [4.69, 9.17) is 0 Å². The van der Waals surface area contributed by atoms with Gasteiger partial charge in [-0.3, -0.25) is 10.1 Å². The van der Waals surface area contributed by atoms with Gasteiger partial charge in [0.05, 0.1) is 5.56 Å². The molecule has 3 amide bonds. The van der Waals surface area contributed by atoms with Crippen molar-refractivity contribution >= 4 is 34.8 Å². The Balaban J connectivity index is 1.15. The molecule has 0 atom stereocenters. The normalized spacial score (nSPS) is 14.9. The molecule has 16 heteroatoms. The zero-order valence-corrected chi connectivity index (χ0v) is 25.2. The van der Waals surface area contributed by atoms with Gasteiger partial charge in [-0.2, -0.15) is 13.2 Å². The highest BCUT2D eigenvalue weighted by Gasteiger charge is 2.32. The van der Waals surface area contributed by atoms with Crippen LogP contribution in [-0.4, -0.2) is 72.0 Å². The van der Waals surface area contributed by atoms with E-state index in [2.05, 4.69) is 54.4 Å². The minimum Gasteiger partial charge on any atom is -0.406 e. The van der Waals surface area contributed by atoms with Crippen LogP contribution in [0.25, 0.3) is 0 Å². The van der Waals surface area contributed by atoms with Gasteiger partial charge in [0.25, 0.3) is 5.91 Å². The highest BCUT2D eigenvalue weighted by molar-refractivity contribution is 6.00. The number of hydrogen-bond acceptors (Lipinski definition) is 6. The van der Waals surface area contributed by atoms with E-state index in [1.54, 1.807) is 4.90 Å². The van der Waals surface area contributed by atoms with Crippen LogP contribution in [0.15, 0.2) is 79.0 Å². The molecule has 10 nitrogen and oxygen atoms in total. The molecule has 3 heterocycles. The van der Waals surface area contributed by atoms with Gasteiger partial charge in [0.2, 0.25) is 5.82 Å². The smallest absolute Gasteiger partial charge is 0.406 e. The molecule has 0 radical (unpaired) electrons. The number of alkyl halides is 6. The summed E-state index contributed by atoms with van der Waals surface area (Å²) in [5, 5.41) is 4.96. The lowest BCUT2D eigenvalue weighted by Crippen LogP contribution is -2.49. The first-order chi connectivity index (χ1) is 22.8. The molecule has 2 aliphatic rings. The third-order valence-electron chi connectivity index (χ3n) is 7.78. The second kappa shape index (κ2) is 13.0. The lowest BCUT2D eigenvalue weighted by molar-refractivity contribution is -0.274. The number of anilines is 4. The summed E-state index contributed by atoms with van der Waals surface area (Å²) in [6.45, 7) is 3.99. The molecule has 4 aromatic rings. The Morgan fingerprint density at radius 2 is 1.29 bits per heavy atom. The maximum atomic E-state index is 13.7. The zero-order chi connectivity index (χ0) is 34.1. The summed E-state index contributed by atoms with van der Waals surface area (Å²) in [6, 6.07) is 16.4. The Kier molecular flexibility index (Phi) is 8.81. The summed E-state index contributed by atoms with van der Waals surface area (Å²) in [4.78, 5) is 36.8. The fraction of sp³-hybridized carbons (Fsp3) is 0.281. The topological polar surface area (TPSA) is 94.7 Å². The molecule has 0 aliphatic carbocycles. The Morgan fingerprint density at radius 3 is 1.81 bits per heavy atom. The van der Waals surface area contributed by atoms with Crippen LogP contribution < -0.4 is 25.2 Å². The molecule has 2 saturated heterocycles. The predicted octanol–water partition coefficient (Wildman–Crippen LogP) is 6.28. The summed E-state index contributed by atoms with van der Waals surface area (Å²) >= 11 is 0. The van der Waals surface area contributed by atoms with Crippen LogP contribution in [0.2, 0.25) is 0 Å². The van der Waals surface area contributed by atoms with E-state index in [0.29, 0.717) is 31.7 Å². The lowest BCUT2D eigenvalue weighted by atomic mass is 10.1. The molecular formula is C32H29F6N7O3. The molecular weight excluding hydrogens is 644 g/mol. The van der Waals surface area contributed by atoms with Gasteiger partial charge < -0.3 is 29.3 Å². The fourth-order valence-electron chi connectivity index (χ4n) is 5.27. The van der Waals surface area contributed by atoms with Crippen molar-refractivity contribution in [2.45, 2.75) is 19.1 Å². The number of piperazine rings is 1. The summed E-state index contributed by atoms with van der Waals surface area (Å²) in [6.07, 6.45) is -7.99. The maximum absolute atomic E-state index is 13.7. The minimum atomic E-state index is -4.87. The Hall–Kier alpha value is -5.41. The first kappa shape index (κ1) is 32.5. The van der Waals surface area contributed by atoms with Gasteiger partial charge in [0.1, 0.15) is 5.75 Å². The van der Waals surface area contributed by atoms with E-state index in [0.717, 1.165) is 43.0 Å². The number of nitrogens with one attached hydrogen (secondary N) is 2. The van der Waals surface area contributed by atoms with E-state index < -0.39 is 35.8 Å². The van der Waals surface area contributed by atoms with Crippen molar-refractivity contribution in [3.05, 3.63) is 95.9 Å². The molecule has 2 fully saturated rings. The van der Waals surface area contributed by atoms with Crippen molar-refractivity contribution in [3.63, 3.8) is 0 Å². The van der Waals surface area contributed by atoms with Crippen molar-refractivity contribution in [1.29, 1.82) is 0 Å². The van der Waals surface area contributed by atoms with Crippen LogP contribution in [-0.2, 0) is 12.7 Å². The number of imidazole rings is 1. The molecule has 2 aliphatic heterocycles. The number of urea groups is 1. The quantitative estimate of drug-likeness (QED) is 0.169. The number of ether oxygens (including phenoxy) is 1. The number of hydrogen-bond donors (Lipinski definition) is 2. The van der Waals surface area contributed by atoms with E-state index >= 15 is 0 Å². The first-order valence-electron chi connectivity index (χ1n) is 14.9. The van der Waals surface area contributed by atoms with Gasteiger partial charge in [0.15, 0.2) is 5.82 Å². The number of rotatable bonds is 8. The molecule has 0 unspecified atom stereocenters. The van der Waals surface area contributed by atoms with Crippen molar-refractivity contribution in [3.8, 4) is 5.75 Å². The standard InChI is InChI=1S/C32H29F6N7O3/c33-31(34,35)22-3-1-21(2-4-22)19-45-20-27(41-30(47)39-23-5-11-26(12-6-23)48-32(36,37)38)40-28(45)29(46)44-17-15-43(16-18-44)25-9-7-24(8-10-25)42-13-14-42/h1-12,20H,13-19H2,(H2,39,41,47). The second-order valence-corrected chi connectivity index (χ2v) is 11.2. The Bertz CT molecular complexity index is 1750. The molecule has 1 aromatic heterocycles. The minimum absolute atomic E-state index is 0.0144. The van der Waals surface area contributed by atoms with Crippen LogP contribution in [0.3, 0.4) is 0 Å². The Morgan fingerprint density at radius 1 is 0.729 bits per heavy atom. The predicted molar refractivity (Wildman–Crippen MR) is 165 cm³/mol. The third kappa shape index (κ3) is 8.11. The van der Waals surface area contributed by atoms with E-state index in [-0.39, 0.29) is 23.9 Å². The molecule has 0 spiro atoms. The number of carbonyl (C=O) groups excluding carboxylic acids is 2. The molecule has 48 heavy (non-hydrogen) atoms. The maximum Gasteiger partial charge on any atom is 0.573 e. The first-order valence-corrected chi connectivity index (χ1v) is 14.9. The molecule has 6 rings (SSSR count). The monoisotopic (exact) mass is 673 g/mol. The average molecular weight is 674 g/mol. The number of halogens is 6. The summed E-state index contributed by atoms with van der Waals surface area (Å²) in [5.74, 6) is -0.948. The summed E-state index contributed by atoms with van der Waals surface area (Å²) < 4.78 is 81.9. The van der Waals surface area contributed by atoms with Crippen LogP contribution in [0.1, 0.15) is 21.7 Å². The van der Waals surface area contributed by atoms with Crippen molar-refractivity contribution in [1.82, 2.24) is 14.5 Å². The molecule has 252 valence electrons. The van der Waals surface area contributed by atoms with Gasteiger partial charge in [-0.05, 0) is 66.2 Å². The van der Waals surface area contributed by atoms with Crippen LogP contribution in [0, 0.1) is 0 Å². The average Bonchev–Trinajstić information content (AvgIpc) is 3.82. The van der Waals surface area contributed by atoms with Gasteiger partial charge in [-0.15, -0.1) is 13.2 Å². The number of carbonyl (C=O) groups is 2. The number of amides is 3. The van der Waals surface area contributed by atoms with Crippen molar-refractivity contribution < 1.29 is 40.7 Å². The molecule has 2 N–H and O–H groups in total. The van der Waals surface area contributed by atoms with Gasteiger partial charge in [-0.25, -0.2) is 9.78 Å². The summed E-state index contributed by atoms with van der Waals surface area (Å²) in [5.41, 5.74) is 2.00. The van der Waals surface area contributed by atoms with E-state index in [1.165, 1.54) is 40.7 Å². The van der Waals surface area contributed by atoms with Crippen LogP contribution >= 0.6 is 0 Å². The van der Waals surface area contributed by atoms with Crippen LogP contribution in [0.5, 0.6) is 5.75 Å². The molecule has 3 aromatic carbocycles. The fourth-order valence-corrected chi connectivity index (χ4v) is 5.27. The molecule has 0 bridgehead atoms. The van der Waals surface area contributed by atoms with Crippen LogP contribution in [0.4, 0.5) is 54.0 Å². The Labute approximate surface area is 270 Å². The van der Waals surface area contributed by atoms with Crippen molar-refractivity contribution in [2.75, 3.05) is 59.7 Å².